The molecule has 3 N–H and O–H groups in total. The van der Waals surface area contributed by atoms with E-state index in [-0.39, 0.29) is 25.7 Å². The first-order valence-electron chi connectivity index (χ1n) is 40.3. The van der Waals surface area contributed by atoms with Crippen molar-refractivity contribution in [1.29, 1.82) is 0 Å². The molecule has 0 amide bonds. The summed E-state index contributed by atoms with van der Waals surface area (Å²) in [6.07, 6.45) is 55.7. The molecule has 17 nitrogen and oxygen atoms in total. The van der Waals surface area contributed by atoms with Crippen molar-refractivity contribution in [2.75, 3.05) is 39.6 Å². The number of aliphatic hydroxyl groups excluding tert-OH is 1. The highest BCUT2D eigenvalue weighted by atomic mass is 31.2. The van der Waals surface area contributed by atoms with Crippen molar-refractivity contribution < 1.29 is 80.2 Å². The summed E-state index contributed by atoms with van der Waals surface area (Å²) in [5.41, 5.74) is 0. The molecule has 0 heterocycles. The van der Waals surface area contributed by atoms with Crippen molar-refractivity contribution in [3.8, 4) is 0 Å². The first-order chi connectivity index (χ1) is 46.7. The zero-order valence-electron chi connectivity index (χ0n) is 63.5. The van der Waals surface area contributed by atoms with Gasteiger partial charge in [-0.15, -0.1) is 0 Å². The van der Waals surface area contributed by atoms with Crippen molar-refractivity contribution in [1.82, 2.24) is 0 Å². The van der Waals surface area contributed by atoms with Crippen LogP contribution in [0.25, 0.3) is 0 Å². The summed E-state index contributed by atoms with van der Waals surface area (Å²) < 4.78 is 68.5. The number of esters is 4. The normalized spacial score (nSPS) is 14.0. The molecule has 5 atom stereocenters. The van der Waals surface area contributed by atoms with Gasteiger partial charge in [-0.05, 0) is 43.4 Å². The van der Waals surface area contributed by atoms with Crippen molar-refractivity contribution in [3.63, 3.8) is 0 Å². The molecule has 0 aliphatic heterocycles. The lowest BCUT2D eigenvalue weighted by Crippen LogP contribution is -2.30. The van der Waals surface area contributed by atoms with Crippen LogP contribution >= 0.6 is 15.6 Å². The summed E-state index contributed by atoms with van der Waals surface area (Å²) >= 11 is 0. The number of ether oxygens (including phenoxy) is 4. The molecule has 0 radical (unpaired) electrons. The van der Waals surface area contributed by atoms with Crippen LogP contribution < -0.4 is 0 Å². The maximum Gasteiger partial charge on any atom is 0.472 e. The highest BCUT2D eigenvalue weighted by Gasteiger charge is 2.30. The third-order valence-corrected chi connectivity index (χ3v) is 20.0. The predicted octanol–water partition coefficient (Wildman–Crippen LogP) is 23.0. The maximum absolute atomic E-state index is 13.1. The van der Waals surface area contributed by atoms with Gasteiger partial charge in [0, 0.05) is 25.7 Å². The number of carbonyl (C=O) groups excluding carboxylic acids is 4. The molecule has 0 fully saturated rings. The van der Waals surface area contributed by atoms with E-state index in [1.807, 2.05) is 0 Å². The summed E-state index contributed by atoms with van der Waals surface area (Å²) in [6, 6.07) is 0. The number of rotatable bonds is 76. The molecular formula is C78H152O17P2. The first kappa shape index (κ1) is 95.1. The molecule has 0 saturated heterocycles. The van der Waals surface area contributed by atoms with Crippen molar-refractivity contribution >= 4 is 39.5 Å². The topological polar surface area (TPSA) is 237 Å². The fraction of sp³-hybridized carbons (Fsp3) is 0.949. The van der Waals surface area contributed by atoms with Crippen LogP contribution in [0.4, 0.5) is 0 Å². The molecule has 0 aliphatic rings. The van der Waals surface area contributed by atoms with E-state index in [0.29, 0.717) is 31.6 Å². The standard InChI is InChI=1S/C78H152O17P2/c1-8-9-10-11-12-13-25-33-38-47-54-61-77(82)95-74(66-89-76(81)60-53-46-41-40-44-51-58-71(6)7)68-93-97(86,87)91-64-72(79)63-90-96(84,85)92-67-73(65-88-75(80)59-52-45-37-32-28-23-20-16-18-22-27-31-36-43-50-57-70(4)5)94-78(83)62-55-48-39-34-29-24-19-15-14-17-21-26-30-35-42-49-56-69(2)3/h69-74,79H,8-68H2,1-7H3,(H,84,85)(H,86,87)/t72-,73-,74-/m1/s1. The van der Waals surface area contributed by atoms with Crippen molar-refractivity contribution in [2.24, 2.45) is 17.8 Å². The zero-order valence-corrected chi connectivity index (χ0v) is 65.3. The van der Waals surface area contributed by atoms with Crippen LogP contribution in [0.5, 0.6) is 0 Å². The van der Waals surface area contributed by atoms with Gasteiger partial charge in [-0.3, -0.25) is 37.3 Å². The zero-order chi connectivity index (χ0) is 71.6. The Kier molecular flexibility index (Phi) is 67.1. The Hall–Kier alpha value is -1.94. The lowest BCUT2D eigenvalue weighted by Gasteiger charge is -2.21. The van der Waals surface area contributed by atoms with Crippen LogP contribution in [-0.2, 0) is 65.4 Å². The lowest BCUT2D eigenvalue weighted by molar-refractivity contribution is -0.161. The van der Waals surface area contributed by atoms with Crippen LogP contribution in [0.2, 0.25) is 0 Å². The second-order valence-corrected chi connectivity index (χ2v) is 32.4. The largest absolute Gasteiger partial charge is 0.472 e. The molecule has 0 rings (SSSR count). The van der Waals surface area contributed by atoms with E-state index in [9.17, 15) is 43.2 Å². The number of phosphoric ester groups is 2. The van der Waals surface area contributed by atoms with Gasteiger partial charge in [-0.1, -0.05) is 350 Å². The SMILES string of the molecule is CCCCCCCCCCCCCC(=O)O[C@H](COC(=O)CCCCCCCCC(C)C)COP(=O)(O)OC[C@H](O)COP(=O)(O)OC[C@@H](COC(=O)CCCCCCCCCCCCCCCCCC(C)C)OC(=O)CCCCCCCCCCCCCCCCCCC(C)C. The Balaban J connectivity index is 5.21. The van der Waals surface area contributed by atoms with Crippen LogP contribution in [-0.4, -0.2) is 96.7 Å². The van der Waals surface area contributed by atoms with Crippen LogP contribution in [0.15, 0.2) is 0 Å². The summed E-state index contributed by atoms with van der Waals surface area (Å²) in [6.45, 7) is 11.9. The molecule has 0 aromatic carbocycles. The Morgan fingerprint density at radius 3 is 0.701 bits per heavy atom. The van der Waals surface area contributed by atoms with Crippen LogP contribution in [0, 0.1) is 17.8 Å². The molecule has 0 bridgehead atoms. The second-order valence-electron chi connectivity index (χ2n) is 29.5. The van der Waals surface area contributed by atoms with E-state index in [4.69, 9.17) is 37.0 Å². The Bertz CT molecular complexity index is 1890. The molecule has 0 saturated carbocycles. The van der Waals surface area contributed by atoms with Crippen LogP contribution in [0.1, 0.15) is 402 Å². The lowest BCUT2D eigenvalue weighted by atomic mass is 10.0. The quantitative estimate of drug-likeness (QED) is 0.0222. The van der Waals surface area contributed by atoms with Gasteiger partial charge in [-0.2, -0.15) is 0 Å². The Labute approximate surface area is 594 Å². The van der Waals surface area contributed by atoms with E-state index in [1.165, 1.54) is 205 Å². The third kappa shape index (κ3) is 72.2. The third-order valence-electron chi connectivity index (χ3n) is 18.1. The molecule has 2 unspecified atom stereocenters. The molecule has 19 heteroatoms. The molecule has 0 spiro atoms. The molecule has 0 aromatic heterocycles. The van der Waals surface area contributed by atoms with Gasteiger partial charge in [0.15, 0.2) is 12.2 Å². The molecule has 0 aromatic rings. The molecular weight excluding hydrogens is 1270 g/mol. The van der Waals surface area contributed by atoms with E-state index in [2.05, 4.69) is 48.5 Å². The maximum atomic E-state index is 13.1. The van der Waals surface area contributed by atoms with Gasteiger partial charge in [0.1, 0.15) is 19.3 Å². The Morgan fingerprint density at radius 2 is 0.474 bits per heavy atom. The van der Waals surface area contributed by atoms with E-state index in [1.54, 1.807) is 0 Å². The average Bonchev–Trinajstić information content (AvgIpc) is 1.39. The predicted molar refractivity (Wildman–Crippen MR) is 395 cm³/mol. The fourth-order valence-corrected chi connectivity index (χ4v) is 13.5. The van der Waals surface area contributed by atoms with Gasteiger partial charge in [0.25, 0.3) is 0 Å². The second kappa shape index (κ2) is 68.5. The minimum absolute atomic E-state index is 0.106. The number of unbranched alkanes of at least 4 members (excludes halogenated alkanes) is 44. The van der Waals surface area contributed by atoms with Gasteiger partial charge in [0.05, 0.1) is 26.4 Å². The van der Waals surface area contributed by atoms with Gasteiger partial charge >= 0.3 is 39.5 Å². The number of hydrogen-bond donors (Lipinski definition) is 3. The number of carbonyl (C=O) groups is 4. The smallest absolute Gasteiger partial charge is 0.462 e. The van der Waals surface area contributed by atoms with Gasteiger partial charge in [-0.25, -0.2) is 9.13 Å². The minimum atomic E-state index is -4.96. The molecule has 0 aliphatic carbocycles. The molecule has 97 heavy (non-hydrogen) atoms. The Morgan fingerprint density at radius 1 is 0.278 bits per heavy atom. The summed E-state index contributed by atoms with van der Waals surface area (Å²) in [7, 11) is -9.91. The van der Waals surface area contributed by atoms with E-state index >= 15 is 0 Å². The minimum Gasteiger partial charge on any atom is -0.462 e. The summed E-state index contributed by atoms with van der Waals surface area (Å²) in [5.74, 6) is 0.179. The molecule has 576 valence electrons. The summed E-state index contributed by atoms with van der Waals surface area (Å²) in [4.78, 5) is 72.8. The van der Waals surface area contributed by atoms with Crippen molar-refractivity contribution in [3.05, 3.63) is 0 Å². The summed E-state index contributed by atoms with van der Waals surface area (Å²) in [5, 5.41) is 10.6. The number of phosphoric acid groups is 2. The van der Waals surface area contributed by atoms with E-state index < -0.39 is 97.5 Å². The fourth-order valence-electron chi connectivity index (χ4n) is 12.0. The monoisotopic (exact) mass is 1420 g/mol. The average molecular weight is 1420 g/mol. The number of aliphatic hydroxyl groups is 1. The van der Waals surface area contributed by atoms with E-state index in [0.717, 1.165) is 108 Å². The van der Waals surface area contributed by atoms with Gasteiger partial charge in [0.2, 0.25) is 0 Å². The van der Waals surface area contributed by atoms with Gasteiger partial charge < -0.3 is 33.8 Å². The highest BCUT2D eigenvalue weighted by molar-refractivity contribution is 7.47. The first-order valence-corrected chi connectivity index (χ1v) is 43.3. The van der Waals surface area contributed by atoms with Crippen LogP contribution in [0.3, 0.4) is 0 Å². The van der Waals surface area contributed by atoms with Crippen molar-refractivity contribution in [2.45, 2.75) is 420 Å². The highest BCUT2D eigenvalue weighted by Crippen LogP contribution is 2.45. The number of hydrogen-bond acceptors (Lipinski definition) is 15.